The van der Waals surface area contributed by atoms with E-state index >= 15 is 0 Å². The second kappa shape index (κ2) is 11.6. The second-order valence-corrected chi connectivity index (χ2v) is 9.50. The molecule has 0 saturated carbocycles. The molecule has 4 amide bonds. The van der Waals surface area contributed by atoms with Crippen LogP contribution in [-0.2, 0) is 29.4 Å². The molecule has 4 rings (SSSR count). The van der Waals surface area contributed by atoms with Crippen LogP contribution in [0, 0.1) is 0 Å². The van der Waals surface area contributed by atoms with E-state index in [4.69, 9.17) is 21.1 Å². The summed E-state index contributed by atoms with van der Waals surface area (Å²) in [6.07, 6.45) is -0.768. The van der Waals surface area contributed by atoms with Crippen molar-refractivity contribution in [2.24, 2.45) is 0 Å². The van der Waals surface area contributed by atoms with Crippen molar-refractivity contribution >= 4 is 52.9 Å². The molecular formula is C26H27ClN4O8. The molecular weight excluding hydrogens is 532 g/mol. The molecule has 1 unspecified atom stereocenters. The van der Waals surface area contributed by atoms with Crippen LogP contribution in [0.3, 0.4) is 0 Å². The predicted octanol–water partition coefficient (Wildman–Crippen LogP) is 3.26. The topological polar surface area (TPSA) is 152 Å². The molecule has 206 valence electrons. The highest BCUT2D eigenvalue weighted by Gasteiger charge is 2.47. The van der Waals surface area contributed by atoms with Crippen molar-refractivity contribution in [3.63, 3.8) is 0 Å². The van der Waals surface area contributed by atoms with Crippen LogP contribution in [0.2, 0.25) is 5.02 Å². The van der Waals surface area contributed by atoms with E-state index < -0.39 is 48.0 Å². The quantitative estimate of drug-likeness (QED) is 0.361. The Bertz CT molecular complexity index is 1300. The standard InChI is InChI=1S/C26H27ClN4O8/c1-37-21(32)13-20(29-22(33)15-4-7-17(8-5-15)28-24(35)38-2)23(34)31-11-3-10-26(14-31)18-12-16(27)6-9-19(18)30-25(36)39-26/h4-9,12,20H,3,10-11,13-14H2,1-2H3,(H,28,35)(H,29,33)(H,30,36)/t20?,26-/m0/s1. The number of rotatable bonds is 6. The number of ether oxygens (including phenoxy) is 3. The summed E-state index contributed by atoms with van der Waals surface area (Å²) < 4.78 is 15.0. The Morgan fingerprint density at radius 1 is 1.13 bits per heavy atom. The van der Waals surface area contributed by atoms with E-state index in [2.05, 4.69) is 20.7 Å². The number of benzene rings is 2. The molecule has 0 aromatic heterocycles. The molecule has 0 bridgehead atoms. The van der Waals surface area contributed by atoms with Crippen LogP contribution in [-0.4, -0.2) is 68.2 Å². The van der Waals surface area contributed by atoms with Gasteiger partial charge in [-0.15, -0.1) is 0 Å². The van der Waals surface area contributed by atoms with Crippen molar-refractivity contribution in [2.75, 3.05) is 37.9 Å². The molecule has 3 N–H and O–H groups in total. The highest BCUT2D eigenvalue weighted by molar-refractivity contribution is 6.30. The van der Waals surface area contributed by atoms with E-state index in [-0.39, 0.29) is 12.1 Å². The van der Waals surface area contributed by atoms with E-state index in [0.717, 1.165) is 0 Å². The van der Waals surface area contributed by atoms with Crippen molar-refractivity contribution in [3.05, 3.63) is 58.6 Å². The lowest BCUT2D eigenvalue weighted by molar-refractivity contribution is -0.147. The Hall–Kier alpha value is -4.32. The first-order chi connectivity index (χ1) is 18.6. The third-order valence-electron chi connectivity index (χ3n) is 6.54. The van der Waals surface area contributed by atoms with Gasteiger partial charge >= 0.3 is 18.2 Å². The minimum Gasteiger partial charge on any atom is -0.469 e. The monoisotopic (exact) mass is 558 g/mol. The molecule has 39 heavy (non-hydrogen) atoms. The maximum Gasteiger partial charge on any atom is 0.412 e. The summed E-state index contributed by atoms with van der Waals surface area (Å²) in [5.41, 5.74) is 0.629. The number of hydrogen-bond donors (Lipinski definition) is 3. The molecule has 1 saturated heterocycles. The fourth-order valence-corrected chi connectivity index (χ4v) is 4.84. The number of hydrogen-bond acceptors (Lipinski definition) is 8. The zero-order valence-electron chi connectivity index (χ0n) is 21.2. The minimum absolute atomic E-state index is 0.00797. The van der Waals surface area contributed by atoms with Gasteiger partial charge in [-0.25, -0.2) is 9.59 Å². The highest BCUT2D eigenvalue weighted by Crippen LogP contribution is 2.43. The summed E-state index contributed by atoms with van der Waals surface area (Å²) in [5.74, 6) is -1.84. The van der Waals surface area contributed by atoms with Gasteiger partial charge in [0.1, 0.15) is 6.04 Å². The molecule has 0 radical (unpaired) electrons. The molecule has 13 heteroatoms. The lowest BCUT2D eigenvalue weighted by Gasteiger charge is -2.45. The average molecular weight is 559 g/mol. The third-order valence-corrected chi connectivity index (χ3v) is 6.78. The zero-order valence-corrected chi connectivity index (χ0v) is 22.0. The van der Waals surface area contributed by atoms with Crippen LogP contribution in [0.25, 0.3) is 0 Å². The van der Waals surface area contributed by atoms with E-state index in [9.17, 15) is 24.0 Å². The van der Waals surface area contributed by atoms with E-state index in [1.165, 1.54) is 43.4 Å². The summed E-state index contributed by atoms with van der Waals surface area (Å²) in [6, 6.07) is 9.65. The van der Waals surface area contributed by atoms with Gasteiger partial charge < -0.3 is 24.4 Å². The maximum absolute atomic E-state index is 13.7. The Morgan fingerprint density at radius 2 is 1.87 bits per heavy atom. The van der Waals surface area contributed by atoms with E-state index in [1.807, 2.05) is 0 Å². The number of carbonyl (C=O) groups excluding carboxylic acids is 5. The molecule has 1 fully saturated rings. The number of anilines is 2. The summed E-state index contributed by atoms with van der Waals surface area (Å²) in [4.78, 5) is 64.0. The number of amides is 4. The summed E-state index contributed by atoms with van der Waals surface area (Å²) in [5, 5.41) is 8.18. The van der Waals surface area contributed by atoms with Gasteiger partial charge in [-0.1, -0.05) is 11.6 Å². The van der Waals surface area contributed by atoms with Crippen LogP contribution < -0.4 is 16.0 Å². The first-order valence-corrected chi connectivity index (χ1v) is 12.4. The molecule has 2 atom stereocenters. The third kappa shape index (κ3) is 6.23. The normalized spacial score (nSPS) is 18.6. The van der Waals surface area contributed by atoms with Gasteiger partial charge in [0.15, 0.2) is 5.60 Å². The van der Waals surface area contributed by atoms with Crippen molar-refractivity contribution < 1.29 is 38.2 Å². The minimum atomic E-state index is -1.25. The van der Waals surface area contributed by atoms with Gasteiger partial charge in [-0.3, -0.25) is 25.0 Å². The zero-order chi connectivity index (χ0) is 28.2. The number of methoxy groups -OCH3 is 2. The van der Waals surface area contributed by atoms with Crippen LogP contribution in [0.4, 0.5) is 21.0 Å². The molecule has 2 aliphatic heterocycles. The summed E-state index contributed by atoms with van der Waals surface area (Å²) in [7, 11) is 2.41. The fourth-order valence-electron chi connectivity index (χ4n) is 4.67. The first kappa shape index (κ1) is 27.7. The van der Waals surface area contributed by atoms with E-state index in [0.29, 0.717) is 41.3 Å². The molecule has 2 aliphatic rings. The molecule has 0 aliphatic carbocycles. The van der Waals surface area contributed by atoms with Gasteiger partial charge in [0, 0.05) is 28.4 Å². The van der Waals surface area contributed by atoms with Crippen molar-refractivity contribution in [1.29, 1.82) is 0 Å². The van der Waals surface area contributed by atoms with Gasteiger partial charge in [-0.05, 0) is 55.3 Å². The Kier molecular flexibility index (Phi) is 8.24. The smallest absolute Gasteiger partial charge is 0.412 e. The van der Waals surface area contributed by atoms with Crippen LogP contribution in [0.5, 0.6) is 0 Å². The SMILES string of the molecule is COC(=O)CC(NC(=O)c1ccc(NC(=O)OC)cc1)C(=O)N1CCC[C@@]2(C1)OC(=O)Nc1ccc(Cl)cc12. The van der Waals surface area contributed by atoms with Crippen molar-refractivity contribution in [1.82, 2.24) is 10.2 Å². The summed E-state index contributed by atoms with van der Waals surface area (Å²) >= 11 is 6.22. The number of nitrogens with zero attached hydrogens (tertiary/aromatic N) is 1. The van der Waals surface area contributed by atoms with Crippen molar-refractivity contribution in [3.8, 4) is 0 Å². The first-order valence-electron chi connectivity index (χ1n) is 12.1. The van der Waals surface area contributed by atoms with Crippen LogP contribution in [0.15, 0.2) is 42.5 Å². The van der Waals surface area contributed by atoms with E-state index in [1.54, 1.807) is 18.2 Å². The molecule has 12 nitrogen and oxygen atoms in total. The number of esters is 1. The molecule has 2 heterocycles. The van der Waals surface area contributed by atoms with Gasteiger partial charge in [-0.2, -0.15) is 0 Å². The largest absolute Gasteiger partial charge is 0.469 e. The number of nitrogens with one attached hydrogen (secondary N) is 3. The Labute approximate surface area is 228 Å². The van der Waals surface area contributed by atoms with Crippen LogP contribution in [0.1, 0.15) is 35.2 Å². The van der Waals surface area contributed by atoms with Crippen molar-refractivity contribution in [2.45, 2.75) is 30.9 Å². The maximum atomic E-state index is 13.7. The van der Waals surface area contributed by atoms with Crippen LogP contribution >= 0.6 is 11.6 Å². The number of piperidine rings is 1. The fraction of sp³-hybridized carbons (Fsp3) is 0.346. The van der Waals surface area contributed by atoms with Gasteiger partial charge in [0.25, 0.3) is 5.91 Å². The number of halogens is 1. The lowest BCUT2D eigenvalue weighted by Crippen LogP contribution is -2.57. The second-order valence-electron chi connectivity index (χ2n) is 9.06. The molecule has 2 aromatic rings. The van der Waals surface area contributed by atoms with Gasteiger partial charge in [0.05, 0.1) is 32.9 Å². The Balaban J connectivity index is 1.54. The van der Waals surface area contributed by atoms with Gasteiger partial charge in [0.2, 0.25) is 5.91 Å². The lowest BCUT2D eigenvalue weighted by atomic mass is 9.83. The number of likely N-dealkylation sites (tertiary alicyclic amines) is 1. The predicted molar refractivity (Wildman–Crippen MR) is 139 cm³/mol. The average Bonchev–Trinajstić information content (AvgIpc) is 2.93. The number of fused-ring (bicyclic) bond motifs is 2. The molecule has 2 aromatic carbocycles. The molecule has 1 spiro atoms. The Morgan fingerprint density at radius 3 is 2.56 bits per heavy atom. The number of carbonyl (C=O) groups is 5. The highest BCUT2D eigenvalue weighted by atomic mass is 35.5. The summed E-state index contributed by atoms with van der Waals surface area (Å²) in [6.45, 7) is 0.330.